The van der Waals surface area contributed by atoms with Crippen LogP contribution in [0.1, 0.15) is 25.0 Å². The lowest BCUT2D eigenvalue weighted by Crippen LogP contribution is -2.01. The standard InChI is InChI=1S/C11H14ClO/c1-3-9-4-5-11(12)10(6-9)8(2)7-13/h4-6,13H,3,7H2,1-2H3. The van der Waals surface area contributed by atoms with Crippen molar-refractivity contribution in [2.75, 3.05) is 6.61 Å². The van der Waals surface area contributed by atoms with Gasteiger partial charge in [-0.05, 0) is 23.6 Å². The summed E-state index contributed by atoms with van der Waals surface area (Å²) in [7, 11) is 0. The van der Waals surface area contributed by atoms with Gasteiger partial charge in [-0.3, -0.25) is 0 Å². The van der Waals surface area contributed by atoms with E-state index in [2.05, 4.69) is 6.92 Å². The minimum absolute atomic E-state index is 0.0624. The topological polar surface area (TPSA) is 20.2 Å². The zero-order chi connectivity index (χ0) is 9.84. The predicted molar refractivity (Wildman–Crippen MR) is 55.9 cm³/mol. The lowest BCUT2D eigenvalue weighted by atomic mass is 9.99. The molecule has 0 atom stereocenters. The summed E-state index contributed by atoms with van der Waals surface area (Å²) in [6.45, 7) is 4.05. The molecular formula is C11H14ClO. The average Bonchev–Trinajstić information content (AvgIpc) is 2.17. The van der Waals surface area contributed by atoms with Crippen molar-refractivity contribution in [3.63, 3.8) is 0 Å². The Morgan fingerprint density at radius 1 is 1.46 bits per heavy atom. The van der Waals surface area contributed by atoms with Crippen LogP contribution in [-0.4, -0.2) is 11.7 Å². The van der Waals surface area contributed by atoms with Crippen molar-refractivity contribution in [2.24, 2.45) is 0 Å². The highest BCUT2D eigenvalue weighted by molar-refractivity contribution is 6.31. The molecule has 1 aromatic carbocycles. The van der Waals surface area contributed by atoms with Crippen LogP contribution < -0.4 is 0 Å². The monoisotopic (exact) mass is 197 g/mol. The lowest BCUT2D eigenvalue weighted by molar-refractivity contribution is 0.315. The summed E-state index contributed by atoms with van der Waals surface area (Å²) >= 11 is 5.99. The van der Waals surface area contributed by atoms with Crippen LogP contribution >= 0.6 is 11.6 Å². The summed E-state index contributed by atoms with van der Waals surface area (Å²) in [6.07, 6.45) is 0.989. The van der Waals surface area contributed by atoms with Crippen molar-refractivity contribution >= 4 is 11.6 Å². The van der Waals surface area contributed by atoms with Crippen molar-refractivity contribution in [1.82, 2.24) is 0 Å². The van der Waals surface area contributed by atoms with E-state index in [0.717, 1.165) is 17.9 Å². The van der Waals surface area contributed by atoms with E-state index in [1.54, 1.807) is 0 Å². The van der Waals surface area contributed by atoms with Crippen LogP contribution in [0.15, 0.2) is 18.2 Å². The Hall–Kier alpha value is -0.530. The molecular weight excluding hydrogens is 184 g/mol. The SMILES string of the molecule is CCc1ccc(Cl)c([C](C)CO)c1. The molecule has 0 aliphatic rings. The van der Waals surface area contributed by atoms with Crippen molar-refractivity contribution in [2.45, 2.75) is 20.3 Å². The van der Waals surface area contributed by atoms with E-state index in [1.807, 2.05) is 25.1 Å². The summed E-state index contributed by atoms with van der Waals surface area (Å²) in [4.78, 5) is 0. The van der Waals surface area contributed by atoms with Gasteiger partial charge < -0.3 is 5.11 Å². The maximum Gasteiger partial charge on any atom is 0.0535 e. The van der Waals surface area contributed by atoms with Crippen LogP contribution in [0.3, 0.4) is 0 Å². The largest absolute Gasteiger partial charge is 0.395 e. The van der Waals surface area contributed by atoms with Gasteiger partial charge in [0.05, 0.1) is 6.61 Å². The zero-order valence-corrected chi connectivity index (χ0v) is 8.73. The number of aliphatic hydroxyl groups excluding tert-OH is 1. The molecule has 1 radical (unpaired) electrons. The Labute approximate surface area is 84.4 Å². The van der Waals surface area contributed by atoms with Crippen molar-refractivity contribution in [1.29, 1.82) is 0 Å². The minimum atomic E-state index is 0.0624. The van der Waals surface area contributed by atoms with Crippen LogP contribution in [0.5, 0.6) is 0 Å². The molecule has 0 spiro atoms. The third kappa shape index (κ3) is 2.45. The van der Waals surface area contributed by atoms with Gasteiger partial charge in [0.2, 0.25) is 0 Å². The molecule has 0 unspecified atom stereocenters. The van der Waals surface area contributed by atoms with E-state index in [9.17, 15) is 0 Å². The highest BCUT2D eigenvalue weighted by Crippen LogP contribution is 2.24. The Kier molecular flexibility index (Phi) is 3.76. The van der Waals surface area contributed by atoms with E-state index in [0.29, 0.717) is 5.02 Å². The maximum absolute atomic E-state index is 8.98. The van der Waals surface area contributed by atoms with Gasteiger partial charge in [0.15, 0.2) is 0 Å². The van der Waals surface area contributed by atoms with E-state index in [4.69, 9.17) is 16.7 Å². The summed E-state index contributed by atoms with van der Waals surface area (Å²) in [5.41, 5.74) is 2.20. The van der Waals surface area contributed by atoms with Crippen molar-refractivity contribution < 1.29 is 5.11 Å². The van der Waals surface area contributed by atoms with Gasteiger partial charge in [0.1, 0.15) is 0 Å². The van der Waals surface area contributed by atoms with Gasteiger partial charge in [-0.15, -0.1) is 0 Å². The second kappa shape index (κ2) is 4.64. The quantitative estimate of drug-likeness (QED) is 0.790. The normalized spacial score (nSPS) is 10.8. The molecule has 0 saturated heterocycles. The van der Waals surface area contributed by atoms with Crippen LogP contribution in [0, 0.1) is 5.92 Å². The summed E-state index contributed by atoms with van der Waals surface area (Å²) in [5.74, 6) is 0.917. The van der Waals surface area contributed by atoms with Gasteiger partial charge >= 0.3 is 0 Å². The number of benzene rings is 1. The van der Waals surface area contributed by atoms with Crippen LogP contribution in [0.2, 0.25) is 5.02 Å². The van der Waals surface area contributed by atoms with Crippen LogP contribution in [0.25, 0.3) is 0 Å². The highest BCUT2D eigenvalue weighted by Gasteiger charge is 2.09. The third-order valence-corrected chi connectivity index (χ3v) is 2.47. The number of halogens is 1. The fraction of sp³-hybridized carbons (Fsp3) is 0.364. The summed E-state index contributed by atoms with van der Waals surface area (Å²) in [5, 5.41) is 9.69. The number of hydrogen-bond acceptors (Lipinski definition) is 1. The Morgan fingerprint density at radius 2 is 2.15 bits per heavy atom. The Morgan fingerprint density at radius 3 is 2.69 bits per heavy atom. The van der Waals surface area contributed by atoms with Gasteiger partial charge in [0.25, 0.3) is 0 Å². The molecule has 71 valence electrons. The van der Waals surface area contributed by atoms with Gasteiger partial charge in [0, 0.05) is 10.9 Å². The molecule has 0 bridgehead atoms. The zero-order valence-electron chi connectivity index (χ0n) is 7.97. The van der Waals surface area contributed by atoms with E-state index in [-0.39, 0.29) is 6.61 Å². The second-order valence-corrected chi connectivity index (χ2v) is 3.51. The van der Waals surface area contributed by atoms with Gasteiger partial charge in [-0.1, -0.05) is 37.6 Å². The molecule has 0 fully saturated rings. The van der Waals surface area contributed by atoms with Crippen molar-refractivity contribution in [3.05, 3.63) is 40.3 Å². The fourth-order valence-electron chi connectivity index (χ4n) is 1.20. The molecule has 1 N–H and O–H groups in total. The summed E-state index contributed by atoms with van der Waals surface area (Å²) in [6, 6.07) is 5.93. The van der Waals surface area contributed by atoms with Crippen LogP contribution in [-0.2, 0) is 6.42 Å². The first-order chi connectivity index (χ1) is 6.19. The Bertz CT molecular complexity index is 283. The van der Waals surface area contributed by atoms with Crippen molar-refractivity contribution in [3.8, 4) is 0 Å². The molecule has 0 aromatic heterocycles. The first-order valence-corrected chi connectivity index (χ1v) is 4.79. The molecule has 0 saturated carbocycles. The smallest absolute Gasteiger partial charge is 0.0535 e. The number of aryl methyl sites for hydroxylation is 1. The molecule has 1 nitrogen and oxygen atoms in total. The molecule has 1 rings (SSSR count). The predicted octanol–water partition coefficient (Wildman–Crippen LogP) is 2.84. The molecule has 1 aromatic rings. The van der Waals surface area contributed by atoms with Gasteiger partial charge in [-0.25, -0.2) is 0 Å². The third-order valence-electron chi connectivity index (χ3n) is 2.14. The first kappa shape index (κ1) is 10.6. The maximum atomic E-state index is 8.98. The Balaban J connectivity index is 3.03. The number of hydrogen-bond donors (Lipinski definition) is 1. The average molecular weight is 198 g/mol. The molecule has 13 heavy (non-hydrogen) atoms. The molecule has 0 amide bonds. The highest BCUT2D eigenvalue weighted by atomic mass is 35.5. The minimum Gasteiger partial charge on any atom is -0.395 e. The second-order valence-electron chi connectivity index (χ2n) is 3.11. The summed E-state index contributed by atoms with van der Waals surface area (Å²) < 4.78 is 0. The lowest BCUT2D eigenvalue weighted by Gasteiger charge is -2.11. The van der Waals surface area contributed by atoms with Gasteiger partial charge in [-0.2, -0.15) is 0 Å². The molecule has 0 heterocycles. The molecule has 2 heteroatoms. The molecule has 0 aliphatic heterocycles. The first-order valence-electron chi connectivity index (χ1n) is 4.41. The van der Waals surface area contributed by atoms with E-state index < -0.39 is 0 Å². The molecule has 0 aliphatic carbocycles. The number of aliphatic hydroxyl groups is 1. The number of rotatable bonds is 3. The van der Waals surface area contributed by atoms with Crippen LogP contribution in [0.4, 0.5) is 0 Å². The van der Waals surface area contributed by atoms with E-state index >= 15 is 0 Å². The van der Waals surface area contributed by atoms with E-state index in [1.165, 1.54) is 5.56 Å². The fourth-order valence-corrected chi connectivity index (χ4v) is 1.48.